The molecule has 0 saturated carbocycles. The van der Waals surface area contributed by atoms with Crippen LogP contribution in [0, 0.1) is 0 Å². The third kappa shape index (κ3) is 2.35. The molecule has 1 aromatic carbocycles. The van der Waals surface area contributed by atoms with Crippen LogP contribution in [0.4, 0.5) is 0 Å². The van der Waals surface area contributed by atoms with Crippen LogP contribution in [0.1, 0.15) is 16.9 Å². The van der Waals surface area contributed by atoms with Crippen molar-refractivity contribution in [1.82, 2.24) is 20.3 Å². The number of hydrogen-bond acceptors (Lipinski definition) is 5. The summed E-state index contributed by atoms with van der Waals surface area (Å²) in [5.41, 5.74) is 1.32. The van der Waals surface area contributed by atoms with Crippen LogP contribution >= 0.6 is 0 Å². The molecule has 0 aliphatic carbocycles. The van der Waals surface area contributed by atoms with E-state index in [0.29, 0.717) is 18.7 Å². The summed E-state index contributed by atoms with van der Waals surface area (Å²) < 4.78 is 6.84. The Bertz CT molecular complexity index is 596. The molecule has 3 rings (SSSR count). The van der Waals surface area contributed by atoms with Crippen molar-refractivity contribution in [2.24, 2.45) is 0 Å². The van der Waals surface area contributed by atoms with Crippen LogP contribution in [-0.2, 0) is 4.74 Å². The highest BCUT2D eigenvalue weighted by molar-refractivity contribution is 5.99. The number of para-hydroxylation sites is 1. The van der Waals surface area contributed by atoms with Crippen LogP contribution < -0.4 is 5.32 Å². The van der Waals surface area contributed by atoms with Gasteiger partial charge in [-0.2, -0.15) is 0 Å². The summed E-state index contributed by atoms with van der Waals surface area (Å²) in [6, 6.07) is 9.28. The van der Waals surface area contributed by atoms with Gasteiger partial charge in [0.1, 0.15) is 5.69 Å². The molecule has 2 unspecified atom stereocenters. The molecule has 0 radical (unpaired) electrons. The molecular weight excluding hydrogens is 256 g/mol. The molecule has 6 nitrogen and oxygen atoms in total. The molecule has 1 aliphatic heterocycles. The second-order valence-corrected chi connectivity index (χ2v) is 4.79. The summed E-state index contributed by atoms with van der Waals surface area (Å²) in [4.78, 5) is 12.5. The molecule has 1 saturated heterocycles. The molecular formula is C14H16N4O2. The molecule has 1 aliphatic rings. The zero-order valence-corrected chi connectivity index (χ0v) is 11.2. The Kier molecular flexibility index (Phi) is 3.58. The van der Waals surface area contributed by atoms with E-state index in [1.165, 1.54) is 6.20 Å². The number of carbonyl (C=O) groups excluding carboxylic acids is 1. The van der Waals surface area contributed by atoms with Crippen molar-refractivity contribution in [2.75, 3.05) is 13.7 Å². The summed E-state index contributed by atoms with van der Waals surface area (Å²) in [5, 5.41) is 11.0. The average molecular weight is 272 g/mol. The van der Waals surface area contributed by atoms with Gasteiger partial charge in [0.05, 0.1) is 24.0 Å². The van der Waals surface area contributed by atoms with Crippen molar-refractivity contribution in [3.8, 4) is 5.69 Å². The van der Waals surface area contributed by atoms with Gasteiger partial charge in [-0.05, 0) is 18.6 Å². The van der Waals surface area contributed by atoms with Crippen LogP contribution in [0.25, 0.3) is 5.69 Å². The van der Waals surface area contributed by atoms with Crippen molar-refractivity contribution in [3.63, 3.8) is 0 Å². The maximum atomic E-state index is 12.5. The van der Waals surface area contributed by atoms with Crippen LogP contribution in [-0.4, -0.2) is 46.6 Å². The van der Waals surface area contributed by atoms with Crippen LogP contribution in [0.5, 0.6) is 0 Å². The van der Waals surface area contributed by atoms with Gasteiger partial charge in [-0.1, -0.05) is 23.4 Å². The van der Waals surface area contributed by atoms with Gasteiger partial charge >= 0.3 is 0 Å². The number of ether oxygens (including phenoxy) is 1. The van der Waals surface area contributed by atoms with E-state index in [4.69, 9.17) is 4.74 Å². The predicted octanol–water partition coefficient (Wildman–Crippen LogP) is 0.827. The van der Waals surface area contributed by atoms with Crippen molar-refractivity contribution in [3.05, 3.63) is 42.2 Å². The lowest BCUT2D eigenvalue weighted by atomic mass is 10.1. The van der Waals surface area contributed by atoms with Crippen LogP contribution in [0.2, 0.25) is 0 Å². The first-order valence-electron chi connectivity index (χ1n) is 6.56. The molecule has 104 valence electrons. The molecule has 0 spiro atoms. The number of hydrogen-bond donors (Lipinski definition) is 1. The van der Waals surface area contributed by atoms with Crippen LogP contribution in [0.3, 0.4) is 0 Å². The molecule has 0 amide bonds. The summed E-state index contributed by atoms with van der Waals surface area (Å²) in [7, 11) is 1.66. The van der Waals surface area contributed by atoms with Crippen molar-refractivity contribution in [2.45, 2.75) is 18.6 Å². The molecule has 6 heteroatoms. The van der Waals surface area contributed by atoms with Crippen molar-refractivity contribution >= 4 is 5.78 Å². The minimum absolute atomic E-state index is 0.00148. The van der Waals surface area contributed by atoms with Gasteiger partial charge in [-0.3, -0.25) is 4.79 Å². The zero-order valence-electron chi connectivity index (χ0n) is 11.2. The first kappa shape index (κ1) is 13.0. The van der Waals surface area contributed by atoms with Gasteiger partial charge in [0.15, 0.2) is 5.78 Å². The molecule has 20 heavy (non-hydrogen) atoms. The monoisotopic (exact) mass is 272 g/mol. The van der Waals surface area contributed by atoms with Gasteiger partial charge in [0.25, 0.3) is 0 Å². The number of carbonyl (C=O) groups is 1. The Balaban J connectivity index is 1.85. The molecule has 2 heterocycles. The van der Waals surface area contributed by atoms with E-state index < -0.39 is 0 Å². The van der Waals surface area contributed by atoms with E-state index in [1.54, 1.807) is 11.8 Å². The van der Waals surface area contributed by atoms with Gasteiger partial charge in [0.2, 0.25) is 0 Å². The zero-order chi connectivity index (χ0) is 13.9. The largest absolute Gasteiger partial charge is 0.380 e. The summed E-state index contributed by atoms with van der Waals surface area (Å²) in [6.07, 6.45) is 2.27. The van der Waals surface area contributed by atoms with E-state index in [9.17, 15) is 4.79 Å². The average Bonchev–Trinajstić information content (AvgIpc) is 3.16. The highest BCUT2D eigenvalue weighted by Crippen LogP contribution is 2.16. The van der Waals surface area contributed by atoms with E-state index in [0.717, 1.165) is 5.69 Å². The topological polar surface area (TPSA) is 69.0 Å². The van der Waals surface area contributed by atoms with Gasteiger partial charge < -0.3 is 10.1 Å². The second-order valence-electron chi connectivity index (χ2n) is 4.79. The third-order valence-electron chi connectivity index (χ3n) is 3.54. The highest BCUT2D eigenvalue weighted by Gasteiger charge is 2.32. The SMILES string of the molecule is COC1CNC(C(=O)c2cnnn2-c2ccccc2)C1. The molecule has 1 fully saturated rings. The number of nitrogens with zero attached hydrogens (tertiary/aromatic N) is 3. The maximum absolute atomic E-state index is 12.5. The van der Waals surface area contributed by atoms with Gasteiger partial charge in [-0.25, -0.2) is 4.68 Å². The maximum Gasteiger partial charge on any atom is 0.199 e. The number of ketones is 1. The van der Waals surface area contributed by atoms with E-state index >= 15 is 0 Å². The lowest BCUT2D eigenvalue weighted by Crippen LogP contribution is -2.32. The minimum atomic E-state index is -0.235. The predicted molar refractivity (Wildman–Crippen MR) is 72.9 cm³/mol. The molecule has 0 bridgehead atoms. The van der Waals surface area contributed by atoms with Gasteiger partial charge in [-0.15, -0.1) is 5.10 Å². The highest BCUT2D eigenvalue weighted by atomic mass is 16.5. The van der Waals surface area contributed by atoms with Crippen molar-refractivity contribution < 1.29 is 9.53 Å². The minimum Gasteiger partial charge on any atom is -0.380 e. The number of aromatic nitrogens is 3. The Labute approximate surface area is 116 Å². The standard InChI is InChI=1S/C14H16N4O2/c1-20-11-7-12(15-8-11)14(19)13-9-16-17-18(13)10-5-3-2-4-6-10/h2-6,9,11-12,15H,7-8H2,1H3. The van der Waals surface area contributed by atoms with E-state index in [1.807, 2.05) is 30.3 Å². The normalized spacial score (nSPS) is 22.1. The lowest BCUT2D eigenvalue weighted by Gasteiger charge is -2.10. The fourth-order valence-electron chi connectivity index (χ4n) is 2.42. The summed E-state index contributed by atoms with van der Waals surface area (Å²) in [5.74, 6) is -0.00148. The Morgan fingerprint density at radius 3 is 2.90 bits per heavy atom. The van der Waals surface area contributed by atoms with E-state index in [2.05, 4.69) is 15.6 Å². The Hall–Kier alpha value is -2.05. The number of nitrogens with one attached hydrogen (secondary N) is 1. The Morgan fingerprint density at radius 2 is 2.20 bits per heavy atom. The van der Waals surface area contributed by atoms with Crippen molar-refractivity contribution in [1.29, 1.82) is 0 Å². The fraction of sp³-hybridized carbons (Fsp3) is 0.357. The Morgan fingerprint density at radius 1 is 1.40 bits per heavy atom. The number of benzene rings is 1. The third-order valence-corrected chi connectivity index (χ3v) is 3.54. The molecule has 1 N–H and O–H groups in total. The molecule has 2 atom stereocenters. The van der Waals surface area contributed by atoms with E-state index in [-0.39, 0.29) is 17.9 Å². The van der Waals surface area contributed by atoms with Crippen LogP contribution in [0.15, 0.2) is 36.5 Å². The first-order chi connectivity index (χ1) is 9.79. The smallest absolute Gasteiger partial charge is 0.199 e. The molecule has 2 aromatic rings. The number of rotatable bonds is 4. The fourth-order valence-corrected chi connectivity index (χ4v) is 2.42. The first-order valence-corrected chi connectivity index (χ1v) is 6.56. The second kappa shape index (κ2) is 5.52. The quantitative estimate of drug-likeness (QED) is 0.835. The summed E-state index contributed by atoms with van der Waals surface area (Å²) >= 11 is 0. The molecule has 1 aromatic heterocycles. The number of Topliss-reactive ketones (excluding diaryl/α,β-unsaturated/α-hetero) is 1. The lowest BCUT2D eigenvalue weighted by molar-refractivity contribution is 0.0911. The van der Waals surface area contributed by atoms with Gasteiger partial charge in [0, 0.05) is 13.7 Å². The summed E-state index contributed by atoms with van der Waals surface area (Å²) in [6.45, 7) is 0.694. The number of methoxy groups -OCH3 is 1.